The standard InChI is InChI=1S/C18H12ClNO4/c1-11-2-4-12(5-3-11)17-10-14(18(21)24-17)8-13-9-15(20(22)23)6-7-16(13)19/h2-10H,1H3. The summed E-state index contributed by atoms with van der Waals surface area (Å²) in [6.07, 6.45) is 3.08. The number of nitro benzene ring substituents is 1. The van der Waals surface area contributed by atoms with Crippen LogP contribution in [0.4, 0.5) is 5.69 Å². The summed E-state index contributed by atoms with van der Waals surface area (Å²) in [5.41, 5.74) is 2.46. The van der Waals surface area contributed by atoms with Crippen molar-refractivity contribution in [2.24, 2.45) is 0 Å². The van der Waals surface area contributed by atoms with Crippen molar-refractivity contribution in [1.82, 2.24) is 0 Å². The molecule has 0 spiro atoms. The third-order valence-corrected chi connectivity index (χ3v) is 3.91. The van der Waals surface area contributed by atoms with Crippen molar-refractivity contribution >= 4 is 35.1 Å². The van der Waals surface area contributed by atoms with Gasteiger partial charge in [-0.2, -0.15) is 0 Å². The van der Waals surface area contributed by atoms with Crippen molar-refractivity contribution in [3.63, 3.8) is 0 Å². The molecule has 120 valence electrons. The molecule has 0 aromatic heterocycles. The van der Waals surface area contributed by atoms with E-state index >= 15 is 0 Å². The zero-order valence-electron chi connectivity index (χ0n) is 12.7. The minimum atomic E-state index is -0.520. The molecular formula is C18H12ClNO4. The number of benzene rings is 2. The summed E-state index contributed by atoms with van der Waals surface area (Å²) in [6, 6.07) is 11.6. The maximum Gasteiger partial charge on any atom is 0.343 e. The third kappa shape index (κ3) is 3.21. The number of cyclic esters (lactones) is 1. The molecule has 0 saturated carbocycles. The number of esters is 1. The SMILES string of the molecule is Cc1ccc(C2=CC(=Cc3cc([N+](=O)[O-])ccc3Cl)C(=O)O2)cc1. The predicted molar refractivity (Wildman–Crippen MR) is 91.3 cm³/mol. The lowest BCUT2D eigenvalue weighted by Gasteiger charge is -2.01. The van der Waals surface area contributed by atoms with Gasteiger partial charge in [0.05, 0.1) is 10.5 Å². The van der Waals surface area contributed by atoms with Gasteiger partial charge >= 0.3 is 5.97 Å². The number of nitrogens with zero attached hydrogens (tertiary/aromatic N) is 1. The van der Waals surface area contributed by atoms with E-state index in [-0.39, 0.29) is 11.3 Å². The number of aryl methyl sites for hydroxylation is 1. The van der Waals surface area contributed by atoms with E-state index in [0.29, 0.717) is 16.3 Å². The van der Waals surface area contributed by atoms with Gasteiger partial charge in [0.2, 0.25) is 0 Å². The van der Waals surface area contributed by atoms with Gasteiger partial charge in [0, 0.05) is 28.3 Å². The van der Waals surface area contributed by atoms with Gasteiger partial charge in [0.25, 0.3) is 5.69 Å². The van der Waals surface area contributed by atoms with Crippen LogP contribution in [0.1, 0.15) is 16.7 Å². The van der Waals surface area contributed by atoms with Crippen LogP contribution in [-0.2, 0) is 9.53 Å². The van der Waals surface area contributed by atoms with Crippen LogP contribution in [0.5, 0.6) is 0 Å². The minimum Gasteiger partial charge on any atom is -0.422 e. The van der Waals surface area contributed by atoms with E-state index in [0.717, 1.165) is 11.1 Å². The van der Waals surface area contributed by atoms with E-state index in [1.54, 1.807) is 6.08 Å². The Labute approximate surface area is 143 Å². The topological polar surface area (TPSA) is 69.4 Å². The second-order valence-electron chi connectivity index (χ2n) is 5.33. The van der Waals surface area contributed by atoms with Crippen LogP contribution >= 0.6 is 11.6 Å². The lowest BCUT2D eigenvalue weighted by molar-refractivity contribution is -0.384. The second kappa shape index (κ2) is 6.29. The van der Waals surface area contributed by atoms with Crippen molar-refractivity contribution in [1.29, 1.82) is 0 Å². The first-order valence-corrected chi connectivity index (χ1v) is 7.48. The average Bonchev–Trinajstić information content (AvgIpc) is 2.91. The maximum absolute atomic E-state index is 12.0. The average molecular weight is 342 g/mol. The number of rotatable bonds is 3. The molecule has 2 aromatic rings. The number of hydrogen-bond donors (Lipinski definition) is 0. The lowest BCUT2D eigenvalue weighted by Crippen LogP contribution is -1.97. The summed E-state index contributed by atoms with van der Waals surface area (Å²) in [7, 11) is 0. The minimum absolute atomic E-state index is 0.0969. The van der Waals surface area contributed by atoms with Crippen LogP contribution in [0.25, 0.3) is 11.8 Å². The fourth-order valence-corrected chi connectivity index (χ4v) is 2.44. The Kier molecular flexibility index (Phi) is 4.18. The van der Waals surface area contributed by atoms with Gasteiger partial charge < -0.3 is 4.74 Å². The summed E-state index contributed by atoms with van der Waals surface area (Å²) in [5.74, 6) is -0.0825. The molecule has 0 radical (unpaired) electrons. The monoisotopic (exact) mass is 341 g/mol. The summed E-state index contributed by atoms with van der Waals surface area (Å²) in [4.78, 5) is 22.4. The number of ether oxygens (including phenoxy) is 1. The molecular weight excluding hydrogens is 330 g/mol. The zero-order valence-corrected chi connectivity index (χ0v) is 13.4. The Morgan fingerprint density at radius 1 is 1.17 bits per heavy atom. The molecule has 3 rings (SSSR count). The van der Waals surface area contributed by atoms with Crippen molar-refractivity contribution in [2.75, 3.05) is 0 Å². The normalized spacial score (nSPS) is 15.3. The predicted octanol–water partition coefficient (Wildman–Crippen LogP) is 4.54. The first-order chi connectivity index (χ1) is 11.4. The summed E-state index contributed by atoms with van der Waals surface area (Å²) in [6.45, 7) is 1.97. The van der Waals surface area contributed by atoms with Gasteiger partial charge in [0.1, 0.15) is 5.76 Å². The summed E-state index contributed by atoms with van der Waals surface area (Å²) < 4.78 is 5.27. The van der Waals surface area contributed by atoms with Crippen LogP contribution in [0.3, 0.4) is 0 Å². The van der Waals surface area contributed by atoms with E-state index in [1.165, 1.54) is 24.3 Å². The van der Waals surface area contributed by atoms with Crippen LogP contribution < -0.4 is 0 Å². The van der Waals surface area contributed by atoms with Crippen LogP contribution in [0.2, 0.25) is 5.02 Å². The van der Waals surface area contributed by atoms with Gasteiger partial charge in [-0.25, -0.2) is 4.79 Å². The van der Waals surface area contributed by atoms with E-state index in [2.05, 4.69) is 0 Å². The fraction of sp³-hybridized carbons (Fsp3) is 0.0556. The lowest BCUT2D eigenvalue weighted by atomic mass is 10.1. The second-order valence-corrected chi connectivity index (χ2v) is 5.73. The first-order valence-electron chi connectivity index (χ1n) is 7.10. The molecule has 0 aliphatic carbocycles. The van der Waals surface area contributed by atoms with Crippen molar-refractivity contribution in [3.8, 4) is 0 Å². The first kappa shape index (κ1) is 16.0. The molecule has 0 bridgehead atoms. The van der Waals surface area contributed by atoms with Crippen molar-refractivity contribution in [2.45, 2.75) is 6.92 Å². The molecule has 0 unspecified atom stereocenters. The van der Waals surface area contributed by atoms with Crippen molar-refractivity contribution in [3.05, 3.63) is 85.9 Å². The molecule has 1 aliphatic heterocycles. The highest BCUT2D eigenvalue weighted by Gasteiger charge is 2.22. The number of nitro groups is 1. The third-order valence-electron chi connectivity index (χ3n) is 3.56. The Balaban J connectivity index is 1.98. The number of carbonyl (C=O) groups is 1. The Bertz CT molecular complexity index is 898. The molecule has 0 atom stereocenters. The van der Waals surface area contributed by atoms with E-state index < -0.39 is 10.9 Å². The van der Waals surface area contributed by atoms with Gasteiger partial charge in [0.15, 0.2) is 0 Å². The molecule has 6 heteroatoms. The van der Waals surface area contributed by atoms with Gasteiger partial charge in [-0.15, -0.1) is 0 Å². The fourth-order valence-electron chi connectivity index (χ4n) is 2.27. The van der Waals surface area contributed by atoms with Crippen LogP contribution in [0.15, 0.2) is 54.1 Å². The molecule has 0 amide bonds. The number of hydrogen-bond acceptors (Lipinski definition) is 4. The zero-order chi connectivity index (χ0) is 17.3. The van der Waals surface area contributed by atoms with Crippen molar-refractivity contribution < 1.29 is 14.5 Å². The Hall–Kier alpha value is -2.92. The Morgan fingerprint density at radius 2 is 1.88 bits per heavy atom. The molecule has 24 heavy (non-hydrogen) atoms. The molecule has 0 N–H and O–H groups in total. The molecule has 5 nitrogen and oxygen atoms in total. The van der Waals surface area contributed by atoms with E-state index in [1.807, 2.05) is 31.2 Å². The van der Waals surface area contributed by atoms with Gasteiger partial charge in [-0.3, -0.25) is 10.1 Å². The number of carbonyl (C=O) groups excluding carboxylic acids is 1. The van der Waals surface area contributed by atoms with Gasteiger partial charge in [-0.05, 0) is 25.1 Å². The Morgan fingerprint density at radius 3 is 2.54 bits per heavy atom. The van der Waals surface area contributed by atoms with Gasteiger partial charge in [-0.1, -0.05) is 41.4 Å². The smallest absolute Gasteiger partial charge is 0.343 e. The van der Waals surface area contributed by atoms with E-state index in [9.17, 15) is 14.9 Å². The summed E-state index contributed by atoms with van der Waals surface area (Å²) in [5, 5.41) is 11.2. The highest BCUT2D eigenvalue weighted by Crippen LogP contribution is 2.30. The number of non-ortho nitro benzene ring substituents is 1. The quantitative estimate of drug-likeness (QED) is 0.356. The molecule has 2 aromatic carbocycles. The largest absolute Gasteiger partial charge is 0.422 e. The van der Waals surface area contributed by atoms with Crippen LogP contribution in [0, 0.1) is 17.0 Å². The molecule has 0 fully saturated rings. The highest BCUT2D eigenvalue weighted by molar-refractivity contribution is 6.32. The summed E-state index contributed by atoms with van der Waals surface area (Å²) >= 11 is 6.06. The van der Waals surface area contributed by atoms with Crippen LogP contribution in [-0.4, -0.2) is 10.9 Å². The number of halogens is 1. The molecule has 0 saturated heterocycles. The highest BCUT2D eigenvalue weighted by atomic mass is 35.5. The molecule has 1 aliphatic rings. The van der Waals surface area contributed by atoms with E-state index in [4.69, 9.17) is 16.3 Å². The molecule has 1 heterocycles. The maximum atomic E-state index is 12.0.